The molecule has 2 aliphatic heterocycles. The van der Waals surface area contributed by atoms with Crippen LogP contribution < -0.4 is 14.8 Å². The SMILES string of the molecule is CCOc1cc2c(cc1CN1CCCC(CNC(=O)OC(C)(C)C)C1)OC(C)C2. The van der Waals surface area contributed by atoms with E-state index in [2.05, 4.69) is 29.3 Å². The largest absolute Gasteiger partial charge is 0.494 e. The fourth-order valence-electron chi connectivity index (χ4n) is 4.14. The summed E-state index contributed by atoms with van der Waals surface area (Å²) >= 11 is 0. The molecule has 2 unspecified atom stereocenters. The number of likely N-dealkylation sites (tertiary alicyclic amines) is 1. The highest BCUT2D eigenvalue weighted by atomic mass is 16.6. The summed E-state index contributed by atoms with van der Waals surface area (Å²) in [5.74, 6) is 2.39. The molecule has 6 heteroatoms. The molecule has 1 N–H and O–H groups in total. The second-order valence-corrected chi connectivity index (χ2v) is 9.26. The van der Waals surface area contributed by atoms with Gasteiger partial charge in [0, 0.05) is 37.2 Å². The van der Waals surface area contributed by atoms with Crippen LogP contribution in [0, 0.1) is 5.92 Å². The summed E-state index contributed by atoms with van der Waals surface area (Å²) in [6.07, 6.45) is 3.09. The number of carbonyl (C=O) groups is 1. The zero-order chi connectivity index (χ0) is 21.0. The van der Waals surface area contributed by atoms with Crippen molar-refractivity contribution < 1.29 is 19.0 Å². The van der Waals surface area contributed by atoms with E-state index in [-0.39, 0.29) is 12.2 Å². The summed E-state index contributed by atoms with van der Waals surface area (Å²) in [5, 5.41) is 2.93. The average Bonchev–Trinajstić information content (AvgIpc) is 2.98. The van der Waals surface area contributed by atoms with Crippen LogP contribution in [-0.4, -0.2) is 48.9 Å². The monoisotopic (exact) mass is 404 g/mol. The highest BCUT2D eigenvalue weighted by Gasteiger charge is 2.25. The van der Waals surface area contributed by atoms with E-state index in [0.29, 0.717) is 19.1 Å². The van der Waals surface area contributed by atoms with Crippen molar-refractivity contribution in [3.8, 4) is 11.5 Å². The first kappa shape index (κ1) is 21.8. The number of piperidine rings is 1. The van der Waals surface area contributed by atoms with Gasteiger partial charge >= 0.3 is 6.09 Å². The third-order valence-corrected chi connectivity index (χ3v) is 5.31. The molecule has 1 aromatic carbocycles. The van der Waals surface area contributed by atoms with Gasteiger partial charge in [-0.2, -0.15) is 0 Å². The summed E-state index contributed by atoms with van der Waals surface area (Å²) in [4.78, 5) is 14.4. The Balaban J connectivity index is 1.59. The van der Waals surface area contributed by atoms with Crippen molar-refractivity contribution in [1.29, 1.82) is 0 Å². The lowest BCUT2D eigenvalue weighted by Gasteiger charge is -2.33. The van der Waals surface area contributed by atoms with Crippen LogP contribution in [0.25, 0.3) is 0 Å². The third kappa shape index (κ3) is 6.26. The fourth-order valence-corrected chi connectivity index (χ4v) is 4.14. The molecular formula is C23H36N2O4. The number of fused-ring (bicyclic) bond motifs is 1. The molecule has 2 aliphatic rings. The molecule has 1 amide bonds. The van der Waals surface area contributed by atoms with Gasteiger partial charge in [-0.3, -0.25) is 4.90 Å². The van der Waals surface area contributed by atoms with Crippen LogP contribution in [0.2, 0.25) is 0 Å². The molecule has 162 valence electrons. The normalized spacial score (nSPS) is 22.0. The molecule has 29 heavy (non-hydrogen) atoms. The molecule has 6 nitrogen and oxygen atoms in total. The van der Waals surface area contributed by atoms with Crippen LogP contribution in [0.5, 0.6) is 11.5 Å². The molecule has 0 aromatic heterocycles. The molecule has 1 fully saturated rings. The summed E-state index contributed by atoms with van der Waals surface area (Å²) in [6.45, 7) is 13.9. The maximum Gasteiger partial charge on any atom is 0.407 e. The first-order valence-corrected chi connectivity index (χ1v) is 10.9. The topological polar surface area (TPSA) is 60.0 Å². The summed E-state index contributed by atoms with van der Waals surface area (Å²) in [7, 11) is 0. The predicted molar refractivity (Wildman–Crippen MR) is 114 cm³/mol. The molecule has 0 radical (unpaired) electrons. The lowest BCUT2D eigenvalue weighted by molar-refractivity contribution is 0.0506. The molecule has 1 saturated heterocycles. The van der Waals surface area contributed by atoms with Gasteiger partial charge in [0.05, 0.1) is 6.61 Å². The van der Waals surface area contributed by atoms with Crippen LogP contribution in [0.15, 0.2) is 12.1 Å². The highest BCUT2D eigenvalue weighted by molar-refractivity contribution is 5.67. The van der Waals surface area contributed by atoms with E-state index in [4.69, 9.17) is 14.2 Å². The van der Waals surface area contributed by atoms with Gasteiger partial charge in [0.2, 0.25) is 0 Å². The van der Waals surface area contributed by atoms with Crippen molar-refractivity contribution in [2.24, 2.45) is 5.92 Å². The highest BCUT2D eigenvalue weighted by Crippen LogP contribution is 2.36. The van der Waals surface area contributed by atoms with Crippen LogP contribution in [-0.2, 0) is 17.7 Å². The van der Waals surface area contributed by atoms with E-state index in [1.54, 1.807) is 0 Å². The number of nitrogens with one attached hydrogen (secondary N) is 1. The Morgan fingerprint density at radius 2 is 2.14 bits per heavy atom. The Morgan fingerprint density at radius 3 is 2.86 bits per heavy atom. The number of hydrogen-bond donors (Lipinski definition) is 1. The van der Waals surface area contributed by atoms with Crippen LogP contribution in [0.1, 0.15) is 58.6 Å². The van der Waals surface area contributed by atoms with E-state index in [9.17, 15) is 4.79 Å². The number of alkyl carbamates (subject to hydrolysis) is 1. The van der Waals surface area contributed by atoms with Gasteiger partial charge in [0.15, 0.2) is 0 Å². The zero-order valence-corrected chi connectivity index (χ0v) is 18.5. The molecule has 0 aliphatic carbocycles. The lowest BCUT2D eigenvalue weighted by Crippen LogP contribution is -2.41. The number of rotatable bonds is 6. The van der Waals surface area contributed by atoms with Crippen LogP contribution >= 0.6 is 0 Å². The molecule has 0 saturated carbocycles. The van der Waals surface area contributed by atoms with Crippen molar-refractivity contribution in [3.63, 3.8) is 0 Å². The van der Waals surface area contributed by atoms with Gasteiger partial charge < -0.3 is 19.5 Å². The molecule has 2 atom stereocenters. The second-order valence-electron chi connectivity index (χ2n) is 9.26. The van der Waals surface area contributed by atoms with E-state index >= 15 is 0 Å². The number of benzene rings is 1. The smallest absolute Gasteiger partial charge is 0.407 e. The first-order chi connectivity index (χ1) is 13.7. The van der Waals surface area contributed by atoms with E-state index in [1.807, 2.05) is 27.7 Å². The maximum absolute atomic E-state index is 11.9. The van der Waals surface area contributed by atoms with Gasteiger partial charge in [-0.25, -0.2) is 4.79 Å². The number of carbonyl (C=O) groups excluding carboxylic acids is 1. The van der Waals surface area contributed by atoms with Gasteiger partial charge in [-0.1, -0.05) is 0 Å². The van der Waals surface area contributed by atoms with Gasteiger partial charge in [-0.15, -0.1) is 0 Å². The molecule has 0 spiro atoms. The molecule has 2 heterocycles. The van der Waals surface area contributed by atoms with E-state index < -0.39 is 5.60 Å². The zero-order valence-electron chi connectivity index (χ0n) is 18.5. The van der Waals surface area contributed by atoms with Crippen molar-refractivity contribution in [3.05, 3.63) is 23.3 Å². The Bertz CT molecular complexity index is 714. The predicted octanol–water partition coefficient (Wildman–Crippen LogP) is 4.15. The third-order valence-electron chi connectivity index (χ3n) is 5.31. The maximum atomic E-state index is 11.9. The minimum Gasteiger partial charge on any atom is -0.494 e. The van der Waals surface area contributed by atoms with Gasteiger partial charge in [0.25, 0.3) is 0 Å². The number of nitrogens with zero attached hydrogens (tertiary/aromatic N) is 1. The molecule has 3 rings (SSSR count). The summed E-state index contributed by atoms with van der Waals surface area (Å²) in [6, 6.07) is 4.32. The van der Waals surface area contributed by atoms with E-state index in [1.165, 1.54) is 11.1 Å². The van der Waals surface area contributed by atoms with Crippen LogP contribution in [0.4, 0.5) is 4.79 Å². The van der Waals surface area contributed by atoms with Crippen molar-refractivity contribution in [1.82, 2.24) is 10.2 Å². The molecule has 1 aromatic rings. The Labute approximate surface area is 174 Å². The number of hydrogen-bond acceptors (Lipinski definition) is 5. The molecular weight excluding hydrogens is 368 g/mol. The van der Waals surface area contributed by atoms with Crippen molar-refractivity contribution >= 4 is 6.09 Å². The fraction of sp³-hybridized carbons (Fsp3) is 0.696. The Hall–Kier alpha value is -1.95. The summed E-state index contributed by atoms with van der Waals surface area (Å²) < 4.78 is 17.2. The number of ether oxygens (including phenoxy) is 3. The number of amides is 1. The minimum absolute atomic E-state index is 0.230. The lowest BCUT2D eigenvalue weighted by atomic mass is 9.97. The van der Waals surface area contributed by atoms with Crippen LogP contribution in [0.3, 0.4) is 0 Å². The second kappa shape index (κ2) is 9.24. The van der Waals surface area contributed by atoms with Crippen molar-refractivity contribution in [2.75, 3.05) is 26.2 Å². The Morgan fingerprint density at radius 1 is 1.34 bits per heavy atom. The van der Waals surface area contributed by atoms with E-state index in [0.717, 1.165) is 50.4 Å². The first-order valence-electron chi connectivity index (χ1n) is 10.9. The summed E-state index contributed by atoms with van der Waals surface area (Å²) in [5.41, 5.74) is 1.95. The van der Waals surface area contributed by atoms with Gasteiger partial charge in [-0.05, 0) is 72.1 Å². The minimum atomic E-state index is -0.467. The van der Waals surface area contributed by atoms with Gasteiger partial charge in [0.1, 0.15) is 23.2 Å². The Kier molecular flexibility index (Phi) is 6.93. The standard InChI is InChI=1S/C23H36N2O4/c1-6-27-20-11-18-10-16(2)28-21(18)12-19(20)15-25-9-7-8-17(14-25)13-24-22(26)29-23(3,4)5/h11-12,16-17H,6-10,13-15H2,1-5H3,(H,24,26). The van der Waals surface area contributed by atoms with Crippen molar-refractivity contribution in [2.45, 2.75) is 72.1 Å². The average molecular weight is 405 g/mol. The molecule has 0 bridgehead atoms. The quantitative estimate of drug-likeness (QED) is 0.772.